The number of hydrogen-bond acceptors (Lipinski definition) is 12. The van der Waals surface area contributed by atoms with Gasteiger partial charge in [0.05, 0.1) is 35.9 Å². The highest BCUT2D eigenvalue weighted by atomic mass is 16.6. The standard InChI is InChI=1S/C24H33NO12/c26-10-17-21(30)23(32)19(28)15(36-17)5-1-3-12-7-8-13(14(9-12)25(34)35)4-2-6-16-20(29)24(33)22(31)18(11-27)37-16/h1-4,7-9,15-24,26-33H,5-6,10-11H2/t15-,16-,17-,18-,19-,20-,21-,22-,23-,24-/m1/s1. The van der Waals surface area contributed by atoms with E-state index in [1.807, 2.05) is 0 Å². The second kappa shape index (κ2) is 13.0. The summed E-state index contributed by atoms with van der Waals surface area (Å²) < 4.78 is 10.8. The predicted molar refractivity (Wildman–Crippen MR) is 128 cm³/mol. The summed E-state index contributed by atoms with van der Waals surface area (Å²) in [4.78, 5) is 11.1. The monoisotopic (exact) mass is 527 g/mol. The average molecular weight is 528 g/mol. The van der Waals surface area contributed by atoms with Gasteiger partial charge in [-0.2, -0.15) is 0 Å². The molecule has 1 aromatic carbocycles. The molecule has 2 aliphatic heterocycles. The molecule has 0 bridgehead atoms. The van der Waals surface area contributed by atoms with Crippen molar-refractivity contribution < 1.29 is 55.2 Å². The minimum Gasteiger partial charge on any atom is -0.394 e. The minimum absolute atomic E-state index is 0.0549. The first-order valence-corrected chi connectivity index (χ1v) is 11.8. The van der Waals surface area contributed by atoms with E-state index < -0.39 is 79.2 Å². The highest BCUT2D eigenvalue weighted by Crippen LogP contribution is 2.27. The molecule has 10 atom stereocenters. The summed E-state index contributed by atoms with van der Waals surface area (Å²) in [6.45, 7) is -1.09. The summed E-state index contributed by atoms with van der Waals surface area (Å²) in [5.41, 5.74) is 0.531. The first kappa shape index (κ1) is 29.3. The van der Waals surface area contributed by atoms with Gasteiger partial charge in [0.25, 0.3) is 5.69 Å². The van der Waals surface area contributed by atoms with Crippen LogP contribution in [0.4, 0.5) is 5.69 Å². The summed E-state index contributed by atoms with van der Waals surface area (Å²) in [5, 5.41) is 89.9. The van der Waals surface area contributed by atoms with Crippen molar-refractivity contribution in [1.29, 1.82) is 0 Å². The predicted octanol–water partition coefficient (Wildman–Crippen LogP) is -1.91. The largest absolute Gasteiger partial charge is 0.394 e. The molecule has 2 aliphatic rings. The summed E-state index contributed by atoms with van der Waals surface area (Å²) in [6.07, 6.45) is -6.31. The van der Waals surface area contributed by atoms with Gasteiger partial charge >= 0.3 is 0 Å². The fraction of sp³-hybridized carbons (Fsp3) is 0.583. The average Bonchev–Trinajstić information content (AvgIpc) is 2.89. The Labute approximate surface area is 212 Å². The molecule has 0 unspecified atom stereocenters. The Kier molecular flexibility index (Phi) is 10.3. The topological polar surface area (TPSA) is 223 Å². The maximum atomic E-state index is 11.6. The molecule has 2 fully saturated rings. The second-order valence-electron chi connectivity index (χ2n) is 9.09. The second-order valence-corrected chi connectivity index (χ2v) is 9.09. The van der Waals surface area contributed by atoms with Gasteiger partial charge in [0.15, 0.2) is 0 Å². The van der Waals surface area contributed by atoms with Crippen LogP contribution in [0.1, 0.15) is 24.0 Å². The normalized spacial score (nSPS) is 36.9. The van der Waals surface area contributed by atoms with Gasteiger partial charge in [-0.05, 0) is 24.5 Å². The molecular weight excluding hydrogens is 494 g/mol. The van der Waals surface area contributed by atoms with E-state index in [9.17, 15) is 51.0 Å². The summed E-state index contributed by atoms with van der Waals surface area (Å²) >= 11 is 0. The molecule has 0 spiro atoms. The number of ether oxygens (including phenoxy) is 2. The fourth-order valence-electron chi connectivity index (χ4n) is 4.38. The number of nitro groups is 1. The Bertz CT molecular complexity index is 967. The third-order valence-electron chi connectivity index (χ3n) is 6.58. The maximum absolute atomic E-state index is 11.6. The lowest BCUT2D eigenvalue weighted by atomic mass is 9.93. The van der Waals surface area contributed by atoms with E-state index in [2.05, 4.69) is 0 Å². The van der Waals surface area contributed by atoms with Crippen LogP contribution < -0.4 is 0 Å². The molecule has 3 rings (SSSR count). The van der Waals surface area contributed by atoms with E-state index in [1.54, 1.807) is 18.2 Å². The minimum atomic E-state index is -1.51. The van der Waals surface area contributed by atoms with Crippen LogP contribution in [0.2, 0.25) is 0 Å². The molecule has 2 heterocycles. The van der Waals surface area contributed by atoms with E-state index in [0.717, 1.165) is 0 Å². The Morgan fingerprint density at radius 2 is 1.19 bits per heavy atom. The van der Waals surface area contributed by atoms with Crippen LogP contribution in [-0.4, -0.2) is 120 Å². The van der Waals surface area contributed by atoms with Crippen LogP contribution in [0.3, 0.4) is 0 Å². The van der Waals surface area contributed by atoms with E-state index >= 15 is 0 Å². The zero-order chi connectivity index (χ0) is 27.3. The lowest BCUT2D eigenvalue weighted by Crippen LogP contribution is -2.58. The molecule has 37 heavy (non-hydrogen) atoms. The van der Waals surface area contributed by atoms with Crippen LogP contribution in [0.15, 0.2) is 30.4 Å². The van der Waals surface area contributed by atoms with Crippen molar-refractivity contribution >= 4 is 17.8 Å². The molecule has 206 valence electrons. The van der Waals surface area contributed by atoms with Gasteiger partial charge < -0.3 is 50.3 Å². The van der Waals surface area contributed by atoms with Crippen molar-refractivity contribution in [3.05, 3.63) is 51.6 Å². The molecule has 0 aromatic heterocycles. The number of aliphatic hydroxyl groups excluding tert-OH is 8. The van der Waals surface area contributed by atoms with Gasteiger partial charge in [0.1, 0.15) is 48.8 Å². The van der Waals surface area contributed by atoms with Crippen LogP contribution in [0, 0.1) is 10.1 Å². The van der Waals surface area contributed by atoms with Crippen molar-refractivity contribution in [3.63, 3.8) is 0 Å². The fourth-order valence-corrected chi connectivity index (χ4v) is 4.38. The zero-order valence-electron chi connectivity index (χ0n) is 19.8. The zero-order valence-corrected chi connectivity index (χ0v) is 19.8. The molecule has 1 aromatic rings. The van der Waals surface area contributed by atoms with Crippen molar-refractivity contribution in [3.8, 4) is 0 Å². The summed E-state index contributed by atoms with van der Waals surface area (Å²) in [6, 6.07) is 4.46. The van der Waals surface area contributed by atoms with E-state index in [4.69, 9.17) is 9.47 Å². The van der Waals surface area contributed by atoms with Crippen LogP contribution in [-0.2, 0) is 9.47 Å². The van der Waals surface area contributed by atoms with Gasteiger partial charge in [-0.3, -0.25) is 10.1 Å². The molecule has 0 saturated carbocycles. The number of nitrogens with zero attached hydrogens (tertiary/aromatic N) is 1. The van der Waals surface area contributed by atoms with Gasteiger partial charge in [0.2, 0.25) is 0 Å². The molecule has 13 nitrogen and oxygen atoms in total. The highest BCUT2D eigenvalue weighted by molar-refractivity contribution is 5.65. The van der Waals surface area contributed by atoms with E-state index in [1.165, 1.54) is 24.3 Å². The highest BCUT2D eigenvalue weighted by Gasteiger charge is 2.43. The smallest absolute Gasteiger partial charge is 0.277 e. The van der Waals surface area contributed by atoms with Crippen molar-refractivity contribution in [2.75, 3.05) is 13.2 Å². The van der Waals surface area contributed by atoms with Crippen molar-refractivity contribution in [1.82, 2.24) is 0 Å². The molecule has 13 heteroatoms. The Morgan fingerprint density at radius 3 is 1.65 bits per heavy atom. The first-order valence-electron chi connectivity index (χ1n) is 11.8. The quantitative estimate of drug-likeness (QED) is 0.130. The van der Waals surface area contributed by atoms with Gasteiger partial charge in [0, 0.05) is 6.07 Å². The van der Waals surface area contributed by atoms with Crippen LogP contribution in [0.5, 0.6) is 0 Å². The van der Waals surface area contributed by atoms with E-state index in [-0.39, 0.29) is 24.1 Å². The lowest BCUT2D eigenvalue weighted by molar-refractivity contribution is -0.385. The Morgan fingerprint density at radius 1 is 0.730 bits per heavy atom. The van der Waals surface area contributed by atoms with Crippen LogP contribution in [0.25, 0.3) is 12.2 Å². The molecule has 0 amide bonds. The number of hydrogen-bond donors (Lipinski definition) is 8. The molecule has 0 aliphatic carbocycles. The van der Waals surface area contributed by atoms with Gasteiger partial charge in [-0.15, -0.1) is 0 Å². The van der Waals surface area contributed by atoms with Crippen LogP contribution >= 0.6 is 0 Å². The lowest BCUT2D eigenvalue weighted by Gasteiger charge is -2.39. The first-order chi connectivity index (χ1) is 17.6. The number of aliphatic hydroxyl groups is 8. The SMILES string of the molecule is O=[N+]([O-])c1cc(C=CC[C@H]2O[C@H](CO)[C@@H](O)[C@H](O)[C@@H]2O)ccc1C=CC[C@H]1O[C@H](CO)[C@@H](O)[C@H](O)[C@@H]1O. The summed E-state index contributed by atoms with van der Waals surface area (Å²) in [5.74, 6) is 0. The maximum Gasteiger partial charge on any atom is 0.277 e. The number of benzene rings is 1. The van der Waals surface area contributed by atoms with Crippen molar-refractivity contribution in [2.45, 2.75) is 73.9 Å². The molecule has 0 radical (unpaired) electrons. The van der Waals surface area contributed by atoms with Crippen molar-refractivity contribution in [2.24, 2.45) is 0 Å². The molecule has 8 N–H and O–H groups in total. The molecule has 2 saturated heterocycles. The summed E-state index contributed by atoms with van der Waals surface area (Å²) in [7, 11) is 0. The number of rotatable bonds is 9. The third kappa shape index (κ3) is 6.78. The molecular formula is C24H33NO12. The Hall–Kier alpha value is -2.30. The van der Waals surface area contributed by atoms with Gasteiger partial charge in [-0.1, -0.05) is 30.4 Å². The Balaban J connectivity index is 1.66. The third-order valence-corrected chi connectivity index (χ3v) is 6.58. The van der Waals surface area contributed by atoms with Gasteiger partial charge in [-0.25, -0.2) is 0 Å². The van der Waals surface area contributed by atoms with E-state index in [0.29, 0.717) is 5.56 Å². The number of nitro benzene ring substituents is 1.